The van der Waals surface area contributed by atoms with E-state index in [4.69, 9.17) is 0 Å². The first-order chi connectivity index (χ1) is 14.2. The molecule has 0 spiro atoms. The number of amides is 2. The van der Waals surface area contributed by atoms with Crippen LogP contribution in [0.15, 0.2) is 36.4 Å². The van der Waals surface area contributed by atoms with Crippen LogP contribution in [0, 0.1) is 27.7 Å². The molecule has 2 amide bonds. The highest BCUT2D eigenvalue weighted by Crippen LogP contribution is 2.27. The topological polar surface area (TPSA) is 108 Å². The summed E-state index contributed by atoms with van der Waals surface area (Å²) in [6.45, 7) is 7.54. The Morgan fingerprint density at radius 1 is 0.900 bits per heavy atom. The normalized spacial score (nSPS) is 10.5. The Morgan fingerprint density at radius 2 is 1.50 bits per heavy atom. The van der Waals surface area contributed by atoms with Crippen LogP contribution in [0.25, 0.3) is 0 Å². The summed E-state index contributed by atoms with van der Waals surface area (Å²) in [5, 5.41) is 15.0. The monoisotopic (exact) mass is 423 g/mol. The number of rotatable bonds is 5. The maximum Gasteiger partial charge on any atom is 0.336 e. The van der Waals surface area contributed by atoms with Crippen molar-refractivity contribution in [3.8, 4) is 0 Å². The number of aryl methyl sites for hydroxylation is 4. The van der Waals surface area contributed by atoms with Gasteiger partial charge in [0, 0.05) is 5.69 Å². The highest BCUT2D eigenvalue weighted by molar-refractivity contribution is 7.17. The largest absolute Gasteiger partial charge is 0.478 e. The van der Waals surface area contributed by atoms with E-state index in [2.05, 4.69) is 15.6 Å². The quantitative estimate of drug-likeness (QED) is 0.557. The molecule has 2 aromatic carbocycles. The van der Waals surface area contributed by atoms with Gasteiger partial charge in [0.05, 0.1) is 16.8 Å². The standard InChI is InChI=1S/C22H21N3O4S/c1-11-9-12(2)17(13(3)10-11)24-20(27)18-14(4)23-22(30-18)25-19(26)15-7-5-6-8-16(15)21(28)29/h5-10H,1-4H3,(H,24,27)(H,28,29)(H,23,25,26). The summed E-state index contributed by atoms with van der Waals surface area (Å²) in [4.78, 5) is 41.3. The lowest BCUT2D eigenvalue weighted by molar-refractivity contribution is 0.0692. The Hall–Kier alpha value is -3.52. The molecule has 1 aromatic heterocycles. The average molecular weight is 423 g/mol. The third-order valence-electron chi connectivity index (χ3n) is 4.54. The Morgan fingerprint density at radius 3 is 2.10 bits per heavy atom. The van der Waals surface area contributed by atoms with Gasteiger partial charge in [0.1, 0.15) is 4.88 Å². The number of aromatic carboxylic acids is 1. The van der Waals surface area contributed by atoms with E-state index >= 15 is 0 Å². The van der Waals surface area contributed by atoms with Crippen LogP contribution in [-0.2, 0) is 0 Å². The second-order valence-corrected chi connectivity index (χ2v) is 7.97. The third kappa shape index (κ3) is 4.38. The molecule has 3 N–H and O–H groups in total. The Balaban J connectivity index is 1.81. The second-order valence-electron chi connectivity index (χ2n) is 6.97. The third-order valence-corrected chi connectivity index (χ3v) is 5.61. The molecule has 3 rings (SSSR count). The summed E-state index contributed by atoms with van der Waals surface area (Å²) < 4.78 is 0. The lowest BCUT2D eigenvalue weighted by Gasteiger charge is -2.12. The van der Waals surface area contributed by atoms with Crippen LogP contribution in [0.1, 0.15) is 52.8 Å². The molecule has 154 valence electrons. The molecule has 1 heterocycles. The summed E-state index contributed by atoms with van der Waals surface area (Å²) in [5.41, 5.74) is 4.18. The number of thiazole rings is 1. The number of carboxylic acid groups (broad SMARTS) is 1. The number of carbonyl (C=O) groups excluding carboxylic acids is 2. The van der Waals surface area contributed by atoms with E-state index in [-0.39, 0.29) is 22.2 Å². The minimum atomic E-state index is -1.19. The lowest BCUT2D eigenvalue weighted by Crippen LogP contribution is -2.16. The van der Waals surface area contributed by atoms with Crippen molar-refractivity contribution in [2.24, 2.45) is 0 Å². The minimum absolute atomic E-state index is 0.0229. The van der Waals surface area contributed by atoms with Gasteiger partial charge in [0.2, 0.25) is 0 Å². The molecule has 3 aromatic rings. The van der Waals surface area contributed by atoms with Gasteiger partial charge in [0.25, 0.3) is 11.8 Å². The number of carbonyl (C=O) groups is 3. The molecule has 0 saturated heterocycles. The smallest absolute Gasteiger partial charge is 0.336 e. The van der Waals surface area contributed by atoms with Crippen molar-refractivity contribution in [3.63, 3.8) is 0 Å². The van der Waals surface area contributed by atoms with Crippen molar-refractivity contribution in [2.45, 2.75) is 27.7 Å². The first-order valence-electron chi connectivity index (χ1n) is 9.17. The molecule has 8 heteroatoms. The molecule has 0 bridgehead atoms. The maximum absolute atomic E-state index is 12.8. The summed E-state index contributed by atoms with van der Waals surface area (Å²) in [6.07, 6.45) is 0. The molecule has 0 saturated carbocycles. The van der Waals surface area contributed by atoms with Crippen LogP contribution >= 0.6 is 11.3 Å². The number of hydrogen-bond acceptors (Lipinski definition) is 5. The zero-order valence-electron chi connectivity index (χ0n) is 17.0. The van der Waals surface area contributed by atoms with Crippen LogP contribution < -0.4 is 10.6 Å². The van der Waals surface area contributed by atoms with E-state index in [9.17, 15) is 19.5 Å². The summed E-state index contributed by atoms with van der Waals surface area (Å²) in [5.74, 6) is -2.11. The molecule has 0 atom stereocenters. The van der Waals surface area contributed by atoms with Gasteiger partial charge in [-0.25, -0.2) is 9.78 Å². The number of benzene rings is 2. The summed E-state index contributed by atoms with van der Waals surface area (Å²) in [7, 11) is 0. The van der Waals surface area contributed by atoms with Crippen LogP contribution in [0.2, 0.25) is 0 Å². The van der Waals surface area contributed by atoms with Gasteiger partial charge in [-0.1, -0.05) is 41.2 Å². The Labute approximate surface area is 177 Å². The zero-order chi connectivity index (χ0) is 22.0. The molecule has 7 nitrogen and oxygen atoms in total. The molecule has 0 radical (unpaired) electrons. The van der Waals surface area contributed by atoms with E-state index in [1.807, 2.05) is 32.9 Å². The molecule has 0 aliphatic carbocycles. The van der Waals surface area contributed by atoms with Crippen molar-refractivity contribution >= 4 is 39.9 Å². The molecular formula is C22H21N3O4S. The van der Waals surface area contributed by atoms with Gasteiger partial charge in [0.15, 0.2) is 5.13 Å². The van der Waals surface area contributed by atoms with E-state index < -0.39 is 11.9 Å². The van der Waals surface area contributed by atoms with E-state index in [0.717, 1.165) is 33.7 Å². The fourth-order valence-corrected chi connectivity index (χ4v) is 4.10. The maximum atomic E-state index is 12.8. The molecular weight excluding hydrogens is 402 g/mol. The Kier molecular flexibility index (Phi) is 5.98. The number of anilines is 2. The second kappa shape index (κ2) is 8.46. The van der Waals surface area contributed by atoms with E-state index in [1.165, 1.54) is 12.1 Å². The SMILES string of the molecule is Cc1cc(C)c(NC(=O)c2sc(NC(=O)c3ccccc3C(=O)O)nc2C)c(C)c1. The minimum Gasteiger partial charge on any atom is -0.478 e. The van der Waals surface area contributed by atoms with Crippen LogP contribution in [0.3, 0.4) is 0 Å². The molecule has 0 aliphatic rings. The van der Waals surface area contributed by atoms with Gasteiger partial charge in [-0.2, -0.15) is 0 Å². The summed E-state index contributed by atoms with van der Waals surface area (Å²) in [6, 6.07) is 9.90. The van der Waals surface area contributed by atoms with Crippen molar-refractivity contribution in [2.75, 3.05) is 10.6 Å². The van der Waals surface area contributed by atoms with E-state index in [1.54, 1.807) is 19.1 Å². The highest BCUT2D eigenvalue weighted by Gasteiger charge is 2.20. The predicted molar refractivity (Wildman–Crippen MR) is 117 cm³/mol. The fourth-order valence-electron chi connectivity index (χ4n) is 3.24. The number of aromatic nitrogens is 1. The summed E-state index contributed by atoms with van der Waals surface area (Å²) >= 11 is 1.04. The van der Waals surface area contributed by atoms with E-state index in [0.29, 0.717) is 10.6 Å². The first-order valence-corrected chi connectivity index (χ1v) is 9.99. The van der Waals surface area contributed by atoms with Crippen LogP contribution in [-0.4, -0.2) is 27.9 Å². The van der Waals surface area contributed by atoms with Crippen LogP contribution in [0.4, 0.5) is 10.8 Å². The Bertz CT molecular complexity index is 1140. The fraction of sp³-hybridized carbons (Fsp3) is 0.182. The molecule has 30 heavy (non-hydrogen) atoms. The zero-order valence-corrected chi connectivity index (χ0v) is 17.8. The van der Waals surface area contributed by atoms with Crippen molar-refractivity contribution in [3.05, 3.63) is 74.8 Å². The molecule has 0 fully saturated rings. The van der Waals surface area contributed by atoms with Gasteiger partial charge >= 0.3 is 5.97 Å². The first kappa shape index (κ1) is 21.2. The van der Waals surface area contributed by atoms with Crippen LogP contribution in [0.5, 0.6) is 0 Å². The van der Waals surface area contributed by atoms with Gasteiger partial charge in [-0.3, -0.25) is 14.9 Å². The highest BCUT2D eigenvalue weighted by atomic mass is 32.1. The van der Waals surface area contributed by atoms with Gasteiger partial charge in [-0.05, 0) is 51.0 Å². The lowest BCUT2D eigenvalue weighted by atomic mass is 10.1. The number of hydrogen-bond donors (Lipinski definition) is 3. The molecule has 0 unspecified atom stereocenters. The van der Waals surface area contributed by atoms with Gasteiger partial charge in [-0.15, -0.1) is 0 Å². The number of carboxylic acids is 1. The van der Waals surface area contributed by atoms with Crippen molar-refractivity contribution in [1.82, 2.24) is 4.98 Å². The molecule has 0 aliphatic heterocycles. The van der Waals surface area contributed by atoms with Gasteiger partial charge < -0.3 is 10.4 Å². The van der Waals surface area contributed by atoms with Crippen molar-refractivity contribution in [1.29, 1.82) is 0 Å². The van der Waals surface area contributed by atoms with Crippen molar-refractivity contribution < 1.29 is 19.5 Å². The average Bonchev–Trinajstić information content (AvgIpc) is 3.04. The predicted octanol–water partition coefficient (Wildman–Crippen LogP) is 4.58. The number of nitrogens with one attached hydrogen (secondary N) is 2. The number of nitrogens with zero attached hydrogens (tertiary/aromatic N) is 1.